The molecule has 0 aliphatic carbocycles. The number of hydrogen-bond acceptors (Lipinski definition) is 2. The van der Waals surface area contributed by atoms with Crippen LogP contribution < -0.4 is 5.73 Å². The number of benzene rings is 1. The maximum atomic E-state index is 13.8. The molecule has 3 aromatic rings. The molecule has 0 spiro atoms. The van der Waals surface area contributed by atoms with Gasteiger partial charge in [0, 0.05) is 25.2 Å². The van der Waals surface area contributed by atoms with E-state index >= 15 is 0 Å². The standard InChI is InChI=1S/C15H14FN3/c1-19-14-4-2-3-12(16)11(14)7-15(19)13-6-5-10(8-17)9-18-13/h2-7,9H,8,17H2,1H3. The second kappa shape index (κ2) is 4.48. The molecule has 2 N–H and O–H groups in total. The number of rotatable bonds is 2. The van der Waals surface area contributed by atoms with Gasteiger partial charge in [-0.25, -0.2) is 4.39 Å². The van der Waals surface area contributed by atoms with Gasteiger partial charge in [-0.05, 0) is 29.8 Å². The van der Waals surface area contributed by atoms with Crippen molar-refractivity contribution in [2.45, 2.75) is 6.54 Å². The Morgan fingerprint density at radius 1 is 1.26 bits per heavy atom. The van der Waals surface area contributed by atoms with E-state index in [1.807, 2.05) is 35.9 Å². The van der Waals surface area contributed by atoms with E-state index in [-0.39, 0.29) is 5.82 Å². The molecule has 0 amide bonds. The van der Waals surface area contributed by atoms with E-state index in [4.69, 9.17) is 5.73 Å². The van der Waals surface area contributed by atoms with Crippen molar-refractivity contribution in [1.29, 1.82) is 0 Å². The monoisotopic (exact) mass is 255 g/mol. The zero-order valence-electron chi connectivity index (χ0n) is 10.6. The fourth-order valence-corrected chi connectivity index (χ4v) is 2.27. The number of nitrogens with two attached hydrogens (primary N) is 1. The second-order valence-electron chi connectivity index (χ2n) is 4.52. The van der Waals surface area contributed by atoms with Gasteiger partial charge in [-0.1, -0.05) is 12.1 Å². The molecule has 96 valence electrons. The van der Waals surface area contributed by atoms with Crippen LogP contribution in [-0.4, -0.2) is 9.55 Å². The lowest BCUT2D eigenvalue weighted by Crippen LogP contribution is -1.98. The zero-order valence-corrected chi connectivity index (χ0v) is 10.6. The van der Waals surface area contributed by atoms with Gasteiger partial charge in [0.25, 0.3) is 0 Å². The Labute approximate surface area is 110 Å². The first-order valence-corrected chi connectivity index (χ1v) is 6.10. The van der Waals surface area contributed by atoms with E-state index in [2.05, 4.69) is 4.98 Å². The maximum Gasteiger partial charge on any atom is 0.132 e. The zero-order chi connectivity index (χ0) is 13.4. The van der Waals surface area contributed by atoms with Crippen LogP contribution in [0, 0.1) is 5.82 Å². The van der Waals surface area contributed by atoms with Crippen molar-refractivity contribution in [2.24, 2.45) is 12.8 Å². The Morgan fingerprint density at radius 2 is 2.11 bits per heavy atom. The minimum absolute atomic E-state index is 0.210. The van der Waals surface area contributed by atoms with Gasteiger partial charge >= 0.3 is 0 Å². The predicted molar refractivity (Wildman–Crippen MR) is 74.0 cm³/mol. The summed E-state index contributed by atoms with van der Waals surface area (Å²) in [5.41, 5.74) is 9.10. The Morgan fingerprint density at radius 3 is 2.74 bits per heavy atom. The molecule has 4 heteroatoms. The van der Waals surface area contributed by atoms with Gasteiger partial charge in [-0.2, -0.15) is 0 Å². The van der Waals surface area contributed by atoms with Crippen LogP contribution in [0.4, 0.5) is 4.39 Å². The molecule has 3 rings (SSSR count). The average Bonchev–Trinajstić information content (AvgIpc) is 2.78. The van der Waals surface area contributed by atoms with E-state index in [1.165, 1.54) is 6.07 Å². The molecule has 0 aliphatic rings. The highest BCUT2D eigenvalue weighted by molar-refractivity contribution is 5.86. The SMILES string of the molecule is Cn1c(-c2ccc(CN)cn2)cc2c(F)cccc21. The first-order chi connectivity index (χ1) is 9.20. The molecule has 0 saturated carbocycles. The van der Waals surface area contributed by atoms with Crippen LogP contribution in [-0.2, 0) is 13.6 Å². The van der Waals surface area contributed by atoms with Crippen molar-refractivity contribution in [3.05, 3.63) is 54.0 Å². The van der Waals surface area contributed by atoms with E-state index in [0.717, 1.165) is 22.5 Å². The van der Waals surface area contributed by atoms with Crippen LogP contribution in [0.15, 0.2) is 42.6 Å². The van der Waals surface area contributed by atoms with Crippen molar-refractivity contribution < 1.29 is 4.39 Å². The second-order valence-corrected chi connectivity index (χ2v) is 4.52. The molecule has 1 aromatic carbocycles. The summed E-state index contributed by atoms with van der Waals surface area (Å²) in [7, 11) is 1.91. The first kappa shape index (κ1) is 11.9. The smallest absolute Gasteiger partial charge is 0.132 e. The van der Waals surface area contributed by atoms with Gasteiger partial charge in [0.2, 0.25) is 0 Å². The van der Waals surface area contributed by atoms with Crippen molar-refractivity contribution in [3.8, 4) is 11.4 Å². The van der Waals surface area contributed by atoms with Gasteiger partial charge in [0.1, 0.15) is 5.82 Å². The summed E-state index contributed by atoms with van der Waals surface area (Å²) in [4.78, 5) is 4.38. The molecule has 3 nitrogen and oxygen atoms in total. The Kier molecular flexibility index (Phi) is 2.80. The van der Waals surface area contributed by atoms with E-state index in [1.54, 1.807) is 12.3 Å². The van der Waals surface area contributed by atoms with Crippen LogP contribution in [0.5, 0.6) is 0 Å². The van der Waals surface area contributed by atoms with E-state index in [9.17, 15) is 4.39 Å². The summed E-state index contributed by atoms with van der Waals surface area (Å²) in [6, 6.07) is 10.8. The summed E-state index contributed by atoms with van der Waals surface area (Å²) in [5.74, 6) is -0.210. The predicted octanol–water partition coefficient (Wildman–Crippen LogP) is 2.84. The number of halogens is 1. The van der Waals surface area contributed by atoms with E-state index in [0.29, 0.717) is 11.9 Å². The molecule has 0 saturated heterocycles. The van der Waals surface area contributed by atoms with Crippen molar-refractivity contribution in [3.63, 3.8) is 0 Å². The molecule has 2 heterocycles. The van der Waals surface area contributed by atoms with Crippen LogP contribution in [0.2, 0.25) is 0 Å². The third-order valence-electron chi connectivity index (χ3n) is 3.36. The van der Waals surface area contributed by atoms with Crippen LogP contribution in [0.1, 0.15) is 5.56 Å². The van der Waals surface area contributed by atoms with Gasteiger partial charge < -0.3 is 10.3 Å². The fourth-order valence-electron chi connectivity index (χ4n) is 2.27. The highest BCUT2D eigenvalue weighted by atomic mass is 19.1. The minimum atomic E-state index is -0.210. The quantitative estimate of drug-likeness (QED) is 0.765. The van der Waals surface area contributed by atoms with Gasteiger partial charge in [-0.3, -0.25) is 4.98 Å². The summed E-state index contributed by atoms with van der Waals surface area (Å²) < 4.78 is 15.7. The third kappa shape index (κ3) is 1.90. The molecule has 2 aromatic heterocycles. The van der Waals surface area contributed by atoms with Gasteiger partial charge in [0.05, 0.1) is 16.9 Å². The number of hydrogen-bond donors (Lipinski definition) is 1. The molecule has 19 heavy (non-hydrogen) atoms. The summed E-state index contributed by atoms with van der Waals surface area (Å²) in [6.45, 7) is 0.469. The number of nitrogens with zero attached hydrogens (tertiary/aromatic N) is 2. The Hall–Kier alpha value is -2.20. The van der Waals surface area contributed by atoms with Crippen LogP contribution in [0.25, 0.3) is 22.3 Å². The maximum absolute atomic E-state index is 13.8. The molecular weight excluding hydrogens is 241 g/mol. The number of aryl methyl sites for hydroxylation is 1. The topological polar surface area (TPSA) is 43.8 Å². The highest BCUT2D eigenvalue weighted by Crippen LogP contribution is 2.27. The van der Waals surface area contributed by atoms with Crippen molar-refractivity contribution in [2.75, 3.05) is 0 Å². The van der Waals surface area contributed by atoms with Crippen molar-refractivity contribution in [1.82, 2.24) is 9.55 Å². The number of pyridine rings is 1. The molecule has 0 unspecified atom stereocenters. The van der Waals surface area contributed by atoms with E-state index < -0.39 is 0 Å². The van der Waals surface area contributed by atoms with Crippen molar-refractivity contribution >= 4 is 10.9 Å². The number of aromatic nitrogens is 2. The molecule has 0 radical (unpaired) electrons. The normalized spacial score (nSPS) is 11.1. The fraction of sp³-hybridized carbons (Fsp3) is 0.133. The number of fused-ring (bicyclic) bond motifs is 1. The van der Waals surface area contributed by atoms with Crippen LogP contribution in [0.3, 0.4) is 0 Å². The lowest BCUT2D eigenvalue weighted by atomic mass is 10.2. The summed E-state index contributed by atoms with van der Waals surface area (Å²) >= 11 is 0. The summed E-state index contributed by atoms with van der Waals surface area (Å²) in [5, 5.41) is 0.615. The minimum Gasteiger partial charge on any atom is -0.342 e. The lowest BCUT2D eigenvalue weighted by molar-refractivity contribution is 0.640. The Bertz CT molecular complexity index is 729. The largest absolute Gasteiger partial charge is 0.342 e. The molecule has 0 fully saturated rings. The third-order valence-corrected chi connectivity index (χ3v) is 3.36. The Balaban J connectivity index is 2.19. The first-order valence-electron chi connectivity index (χ1n) is 6.10. The van der Waals surface area contributed by atoms with Gasteiger partial charge in [0.15, 0.2) is 0 Å². The van der Waals surface area contributed by atoms with Gasteiger partial charge in [-0.15, -0.1) is 0 Å². The molecule has 0 bridgehead atoms. The molecular formula is C15H14FN3. The molecule has 0 aliphatic heterocycles. The van der Waals surface area contributed by atoms with Crippen LogP contribution >= 0.6 is 0 Å². The molecule has 0 atom stereocenters. The summed E-state index contributed by atoms with van der Waals surface area (Å²) in [6.07, 6.45) is 1.75. The lowest BCUT2D eigenvalue weighted by Gasteiger charge is -2.04. The average molecular weight is 255 g/mol. The highest BCUT2D eigenvalue weighted by Gasteiger charge is 2.11.